The average Bonchev–Trinajstić information content (AvgIpc) is 3.12. The van der Waals surface area contributed by atoms with E-state index in [1.165, 1.54) is 13.2 Å². The summed E-state index contributed by atoms with van der Waals surface area (Å²) in [4.78, 5) is 26.9. The Morgan fingerprint density at radius 2 is 2.00 bits per heavy atom. The molecule has 0 fully saturated rings. The number of esters is 1. The number of aromatic nitrogens is 2. The van der Waals surface area contributed by atoms with Gasteiger partial charge in [-0.3, -0.25) is 4.79 Å². The molecule has 1 heterocycles. The van der Waals surface area contributed by atoms with Crippen LogP contribution in [0.1, 0.15) is 38.0 Å². The standard InChI is InChI=1S/C19H23N3O6/c1-19(2,3)18-21-16(28-22-18)11-27-17(24)8-6-12-5-7-13(14(9-12)25-4)26-10-15(20)23/h5-9H,10-11H2,1-4H3,(H2,20,23)/b8-6+. The summed E-state index contributed by atoms with van der Waals surface area (Å²) < 4.78 is 20.6. The van der Waals surface area contributed by atoms with E-state index in [4.69, 9.17) is 24.5 Å². The van der Waals surface area contributed by atoms with Gasteiger partial charge in [0.25, 0.3) is 11.8 Å². The second-order valence-electron chi connectivity index (χ2n) is 6.87. The number of rotatable bonds is 8. The van der Waals surface area contributed by atoms with Gasteiger partial charge in [-0.15, -0.1) is 0 Å². The molecule has 150 valence electrons. The van der Waals surface area contributed by atoms with E-state index in [9.17, 15) is 9.59 Å². The van der Waals surface area contributed by atoms with E-state index in [0.29, 0.717) is 22.9 Å². The third-order valence-electron chi connectivity index (χ3n) is 3.45. The summed E-state index contributed by atoms with van der Waals surface area (Å²) in [6.45, 7) is 5.48. The number of carbonyl (C=O) groups excluding carboxylic acids is 2. The smallest absolute Gasteiger partial charge is 0.331 e. The summed E-state index contributed by atoms with van der Waals surface area (Å²) >= 11 is 0. The lowest BCUT2D eigenvalue weighted by molar-refractivity contribution is -0.139. The minimum atomic E-state index is -0.593. The van der Waals surface area contributed by atoms with Crippen LogP contribution < -0.4 is 15.2 Å². The quantitative estimate of drug-likeness (QED) is 0.536. The molecule has 28 heavy (non-hydrogen) atoms. The van der Waals surface area contributed by atoms with Crippen molar-refractivity contribution in [2.45, 2.75) is 32.8 Å². The van der Waals surface area contributed by atoms with Crippen LogP contribution in [0.4, 0.5) is 0 Å². The van der Waals surface area contributed by atoms with Gasteiger partial charge >= 0.3 is 5.97 Å². The number of benzene rings is 1. The minimum Gasteiger partial charge on any atom is -0.493 e. The molecular formula is C19H23N3O6. The van der Waals surface area contributed by atoms with Crippen molar-refractivity contribution in [3.8, 4) is 11.5 Å². The molecule has 2 N–H and O–H groups in total. The van der Waals surface area contributed by atoms with E-state index in [1.54, 1.807) is 24.3 Å². The molecule has 0 spiro atoms. The molecule has 0 aliphatic rings. The third-order valence-corrected chi connectivity index (χ3v) is 3.45. The SMILES string of the molecule is COc1cc(/C=C/C(=O)OCc2nc(C(C)(C)C)no2)ccc1OCC(N)=O. The van der Waals surface area contributed by atoms with Crippen LogP contribution in [0.15, 0.2) is 28.8 Å². The Kier molecular flexibility index (Phi) is 6.75. The largest absolute Gasteiger partial charge is 0.493 e. The van der Waals surface area contributed by atoms with E-state index >= 15 is 0 Å². The first-order valence-corrected chi connectivity index (χ1v) is 8.46. The number of hydrogen-bond donors (Lipinski definition) is 1. The normalized spacial score (nSPS) is 11.4. The molecule has 0 aliphatic heterocycles. The van der Waals surface area contributed by atoms with Crippen LogP contribution in [-0.4, -0.2) is 35.7 Å². The topological polar surface area (TPSA) is 127 Å². The van der Waals surface area contributed by atoms with E-state index in [2.05, 4.69) is 10.1 Å². The van der Waals surface area contributed by atoms with E-state index in [-0.39, 0.29) is 24.5 Å². The van der Waals surface area contributed by atoms with E-state index in [1.807, 2.05) is 20.8 Å². The number of methoxy groups -OCH3 is 1. The van der Waals surface area contributed by atoms with Gasteiger partial charge in [0, 0.05) is 11.5 Å². The Hall–Kier alpha value is -3.36. The molecule has 0 saturated carbocycles. The highest BCUT2D eigenvalue weighted by atomic mass is 16.6. The Morgan fingerprint density at radius 1 is 1.25 bits per heavy atom. The van der Waals surface area contributed by atoms with Gasteiger partial charge in [-0.2, -0.15) is 4.98 Å². The van der Waals surface area contributed by atoms with Crippen molar-refractivity contribution in [2.24, 2.45) is 5.73 Å². The van der Waals surface area contributed by atoms with Gasteiger partial charge in [0.1, 0.15) is 0 Å². The van der Waals surface area contributed by atoms with Crippen molar-refractivity contribution in [3.63, 3.8) is 0 Å². The third kappa shape index (κ3) is 6.11. The zero-order valence-electron chi connectivity index (χ0n) is 16.2. The molecule has 1 amide bonds. The molecule has 1 aromatic carbocycles. The predicted molar refractivity (Wildman–Crippen MR) is 99.5 cm³/mol. The minimum absolute atomic E-state index is 0.116. The van der Waals surface area contributed by atoms with Gasteiger partial charge in [0.2, 0.25) is 0 Å². The number of carbonyl (C=O) groups is 2. The molecular weight excluding hydrogens is 366 g/mol. The van der Waals surface area contributed by atoms with Crippen molar-refractivity contribution in [2.75, 3.05) is 13.7 Å². The predicted octanol–water partition coefficient (Wildman–Crippen LogP) is 2.00. The molecule has 2 rings (SSSR count). The van der Waals surface area contributed by atoms with Crippen molar-refractivity contribution >= 4 is 18.0 Å². The maximum atomic E-state index is 11.9. The maximum Gasteiger partial charge on any atom is 0.331 e. The van der Waals surface area contributed by atoms with Crippen LogP contribution in [0.2, 0.25) is 0 Å². The van der Waals surface area contributed by atoms with Gasteiger partial charge in [-0.1, -0.05) is 32.0 Å². The Morgan fingerprint density at radius 3 is 2.61 bits per heavy atom. The number of amides is 1. The highest BCUT2D eigenvalue weighted by Crippen LogP contribution is 2.28. The highest BCUT2D eigenvalue weighted by Gasteiger charge is 2.21. The molecule has 0 radical (unpaired) electrons. The summed E-state index contributed by atoms with van der Waals surface area (Å²) in [5, 5.41) is 3.86. The molecule has 0 saturated heterocycles. The van der Waals surface area contributed by atoms with Gasteiger partial charge < -0.3 is 24.5 Å². The zero-order chi connectivity index (χ0) is 20.7. The van der Waals surface area contributed by atoms with Crippen LogP contribution in [0, 0.1) is 0 Å². The summed E-state index contributed by atoms with van der Waals surface area (Å²) in [5.41, 5.74) is 5.48. The summed E-state index contributed by atoms with van der Waals surface area (Å²) in [6, 6.07) is 4.95. The van der Waals surface area contributed by atoms with Crippen LogP contribution >= 0.6 is 0 Å². The lowest BCUT2D eigenvalue weighted by Crippen LogP contribution is -2.20. The summed E-state index contributed by atoms with van der Waals surface area (Å²) in [5.74, 6) is 0.377. The highest BCUT2D eigenvalue weighted by molar-refractivity contribution is 5.87. The molecule has 1 aromatic heterocycles. The lowest BCUT2D eigenvalue weighted by Gasteiger charge is -2.10. The van der Waals surface area contributed by atoms with Crippen molar-refractivity contribution < 1.29 is 28.3 Å². The number of ether oxygens (including phenoxy) is 3. The van der Waals surface area contributed by atoms with Gasteiger partial charge in [-0.25, -0.2) is 4.79 Å². The molecule has 0 unspecified atom stereocenters. The van der Waals surface area contributed by atoms with Crippen molar-refractivity contribution in [1.29, 1.82) is 0 Å². The van der Waals surface area contributed by atoms with Crippen molar-refractivity contribution in [1.82, 2.24) is 10.1 Å². The molecule has 0 atom stereocenters. The van der Waals surface area contributed by atoms with E-state index < -0.39 is 11.9 Å². The van der Waals surface area contributed by atoms with Crippen LogP contribution in [0.3, 0.4) is 0 Å². The van der Waals surface area contributed by atoms with Crippen LogP contribution in [0.25, 0.3) is 6.08 Å². The fraction of sp³-hybridized carbons (Fsp3) is 0.368. The number of primary amides is 1. The first kappa shape index (κ1) is 20.9. The Labute approximate surface area is 162 Å². The first-order chi connectivity index (χ1) is 13.2. The Bertz CT molecular complexity index is 867. The second kappa shape index (κ2) is 9.03. The fourth-order valence-electron chi connectivity index (χ4n) is 2.02. The maximum absolute atomic E-state index is 11.9. The van der Waals surface area contributed by atoms with Crippen LogP contribution in [0.5, 0.6) is 11.5 Å². The monoisotopic (exact) mass is 389 g/mol. The van der Waals surface area contributed by atoms with Gasteiger partial charge in [0.15, 0.2) is 30.5 Å². The van der Waals surface area contributed by atoms with Crippen LogP contribution in [-0.2, 0) is 26.3 Å². The zero-order valence-corrected chi connectivity index (χ0v) is 16.2. The van der Waals surface area contributed by atoms with Gasteiger partial charge in [0.05, 0.1) is 7.11 Å². The van der Waals surface area contributed by atoms with Crippen molar-refractivity contribution in [3.05, 3.63) is 41.6 Å². The second-order valence-corrected chi connectivity index (χ2v) is 6.87. The number of hydrogen-bond acceptors (Lipinski definition) is 8. The number of nitrogens with zero attached hydrogens (tertiary/aromatic N) is 2. The number of nitrogens with two attached hydrogens (primary N) is 1. The lowest BCUT2D eigenvalue weighted by atomic mass is 9.96. The fourth-order valence-corrected chi connectivity index (χ4v) is 2.02. The molecule has 9 heteroatoms. The average molecular weight is 389 g/mol. The van der Waals surface area contributed by atoms with E-state index in [0.717, 1.165) is 0 Å². The molecule has 2 aromatic rings. The first-order valence-electron chi connectivity index (χ1n) is 8.46. The molecule has 0 bridgehead atoms. The molecule has 0 aliphatic carbocycles. The summed E-state index contributed by atoms with van der Waals surface area (Å²) in [7, 11) is 1.46. The van der Waals surface area contributed by atoms with Gasteiger partial charge in [-0.05, 0) is 23.8 Å². The summed E-state index contributed by atoms with van der Waals surface area (Å²) in [6.07, 6.45) is 2.82. The molecule has 9 nitrogen and oxygen atoms in total. The Balaban J connectivity index is 1.94.